The summed E-state index contributed by atoms with van der Waals surface area (Å²) in [4.78, 5) is 12.1. The van der Waals surface area contributed by atoms with E-state index in [0.29, 0.717) is 18.9 Å². The van der Waals surface area contributed by atoms with Gasteiger partial charge in [-0.1, -0.05) is 30.3 Å². The van der Waals surface area contributed by atoms with Crippen LogP contribution in [0.2, 0.25) is 0 Å². The molecule has 1 aromatic carbocycles. The molecule has 2 atom stereocenters. The van der Waals surface area contributed by atoms with Crippen LogP contribution in [0, 0.1) is 5.92 Å². The maximum Gasteiger partial charge on any atom is 0.237 e. The van der Waals surface area contributed by atoms with Gasteiger partial charge in [-0.25, -0.2) is 0 Å². The van der Waals surface area contributed by atoms with Gasteiger partial charge < -0.3 is 15.8 Å². The van der Waals surface area contributed by atoms with Crippen LogP contribution in [-0.4, -0.2) is 25.7 Å². The second-order valence-electron chi connectivity index (χ2n) is 5.12. The normalized spacial score (nSPS) is 17.8. The molecule has 4 nitrogen and oxygen atoms in total. The summed E-state index contributed by atoms with van der Waals surface area (Å²) in [5.41, 5.74) is 7.02. The first-order valence-electron chi connectivity index (χ1n) is 6.82. The molecule has 1 saturated carbocycles. The van der Waals surface area contributed by atoms with Crippen LogP contribution < -0.4 is 11.1 Å². The lowest BCUT2D eigenvalue weighted by Gasteiger charge is -2.21. The SMILES string of the molecule is COCCC(N)C(=O)NC(c1ccccc1)C1CC1. The third-order valence-corrected chi connectivity index (χ3v) is 3.52. The molecular formula is C15H22N2O2. The van der Waals surface area contributed by atoms with Crippen LogP contribution in [0.1, 0.15) is 30.9 Å². The first kappa shape index (κ1) is 14.0. The maximum absolute atomic E-state index is 12.1. The fraction of sp³-hybridized carbons (Fsp3) is 0.533. The van der Waals surface area contributed by atoms with Crippen molar-refractivity contribution in [3.8, 4) is 0 Å². The molecule has 0 aliphatic heterocycles. The number of methoxy groups -OCH3 is 1. The predicted molar refractivity (Wildman–Crippen MR) is 74.5 cm³/mol. The smallest absolute Gasteiger partial charge is 0.237 e. The van der Waals surface area contributed by atoms with Gasteiger partial charge in [0.2, 0.25) is 5.91 Å². The minimum atomic E-state index is -0.495. The Balaban J connectivity index is 1.96. The Hall–Kier alpha value is -1.39. The van der Waals surface area contributed by atoms with E-state index < -0.39 is 6.04 Å². The summed E-state index contributed by atoms with van der Waals surface area (Å²) in [6.07, 6.45) is 2.90. The topological polar surface area (TPSA) is 64.3 Å². The molecule has 1 aromatic rings. The lowest BCUT2D eigenvalue weighted by Crippen LogP contribution is -2.43. The average molecular weight is 262 g/mol. The van der Waals surface area contributed by atoms with E-state index in [1.807, 2.05) is 18.2 Å². The Labute approximate surface area is 114 Å². The van der Waals surface area contributed by atoms with Gasteiger partial charge in [0.05, 0.1) is 12.1 Å². The van der Waals surface area contributed by atoms with Crippen LogP contribution in [0.25, 0.3) is 0 Å². The number of ether oxygens (including phenoxy) is 1. The zero-order valence-electron chi connectivity index (χ0n) is 11.3. The number of carbonyl (C=O) groups excluding carboxylic acids is 1. The molecule has 3 N–H and O–H groups in total. The number of hydrogen-bond acceptors (Lipinski definition) is 3. The number of amides is 1. The van der Waals surface area contributed by atoms with Crippen molar-refractivity contribution in [1.82, 2.24) is 5.32 Å². The molecular weight excluding hydrogens is 240 g/mol. The monoisotopic (exact) mass is 262 g/mol. The zero-order chi connectivity index (χ0) is 13.7. The highest BCUT2D eigenvalue weighted by Crippen LogP contribution is 2.40. The molecule has 1 aliphatic rings. The fourth-order valence-electron chi connectivity index (χ4n) is 2.20. The van der Waals surface area contributed by atoms with Crippen LogP contribution in [0.4, 0.5) is 0 Å². The standard InChI is InChI=1S/C15H22N2O2/c1-19-10-9-13(16)15(18)17-14(12-7-8-12)11-5-3-2-4-6-11/h2-6,12-14H,7-10,16H2,1H3,(H,17,18). The van der Waals surface area contributed by atoms with E-state index in [-0.39, 0.29) is 11.9 Å². The van der Waals surface area contributed by atoms with Crippen molar-refractivity contribution in [3.05, 3.63) is 35.9 Å². The molecule has 0 bridgehead atoms. The van der Waals surface area contributed by atoms with Gasteiger partial charge >= 0.3 is 0 Å². The summed E-state index contributed by atoms with van der Waals surface area (Å²) in [5.74, 6) is 0.471. The summed E-state index contributed by atoms with van der Waals surface area (Å²) < 4.78 is 4.95. The van der Waals surface area contributed by atoms with Crippen molar-refractivity contribution >= 4 is 5.91 Å². The molecule has 0 heterocycles. The van der Waals surface area contributed by atoms with Crippen molar-refractivity contribution in [1.29, 1.82) is 0 Å². The van der Waals surface area contributed by atoms with Gasteiger partial charge in [0.1, 0.15) is 0 Å². The number of rotatable bonds is 7. The van der Waals surface area contributed by atoms with Gasteiger partial charge in [-0.05, 0) is 30.7 Å². The lowest BCUT2D eigenvalue weighted by atomic mass is 10.0. The quantitative estimate of drug-likeness (QED) is 0.784. The van der Waals surface area contributed by atoms with E-state index in [1.165, 1.54) is 12.8 Å². The highest BCUT2D eigenvalue weighted by molar-refractivity contribution is 5.82. The highest BCUT2D eigenvalue weighted by atomic mass is 16.5. The van der Waals surface area contributed by atoms with E-state index in [2.05, 4.69) is 17.4 Å². The molecule has 2 unspecified atom stereocenters. The van der Waals surface area contributed by atoms with E-state index in [4.69, 9.17) is 10.5 Å². The number of nitrogens with two attached hydrogens (primary N) is 1. The molecule has 2 rings (SSSR count). The van der Waals surface area contributed by atoms with Crippen molar-refractivity contribution in [3.63, 3.8) is 0 Å². The second-order valence-corrected chi connectivity index (χ2v) is 5.12. The number of benzene rings is 1. The zero-order valence-corrected chi connectivity index (χ0v) is 11.3. The summed E-state index contributed by atoms with van der Waals surface area (Å²) in [7, 11) is 1.61. The minimum absolute atomic E-state index is 0.0854. The van der Waals surface area contributed by atoms with E-state index in [9.17, 15) is 4.79 Å². The molecule has 4 heteroatoms. The van der Waals surface area contributed by atoms with Gasteiger partial charge in [-0.15, -0.1) is 0 Å². The van der Waals surface area contributed by atoms with Crippen molar-refractivity contribution in [2.45, 2.75) is 31.3 Å². The number of carbonyl (C=O) groups is 1. The molecule has 104 valence electrons. The summed E-state index contributed by atoms with van der Waals surface area (Å²) in [6.45, 7) is 0.508. The summed E-state index contributed by atoms with van der Waals surface area (Å²) in [6, 6.07) is 9.71. The molecule has 0 spiro atoms. The average Bonchev–Trinajstić information content (AvgIpc) is 3.27. The number of hydrogen-bond donors (Lipinski definition) is 2. The molecule has 1 fully saturated rings. The molecule has 0 saturated heterocycles. The van der Waals surface area contributed by atoms with E-state index in [1.54, 1.807) is 7.11 Å². The molecule has 1 aliphatic carbocycles. The maximum atomic E-state index is 12.1. The van der Waals surface area contributed by atoms with Gasteiger partial charge in [0, 0.05) is 13.7 Å². The van der Waals surface area contributed by atoms with Gasteiger partial charge in [0.15, 0.2) is 0 Å². The van der Waals surface area contributed by atoms with Gasteiger partial charge in [-0.2, -0.15) is 0 Å². The molecule has 1 amide bonds. The van der Waals surface area contributed by atoms with Crippen LogP contribution in [0.5, 0.6) is 0 Å². The number of nitrogens with one attached hydrogen (secondary N) is 1. The molecule has 0 radical (unpaired) electrons. The van der Waals surface area contributed by atoms with Crippen molar-refractivity contribution in [2.24, 2.45) is 11.7 Å². The molecule has 19 heavy (non-hydrogen) atoms. The lowest BCUT2D eigenvalue weighted by molar-refractivity contribution is -0.123. The van der Waals surface area contributed by atoms with Crippen LogP contribution in [-0.2, 0) is 9.53 Å². The Kier molecular flexibility index (Phi) is 4.93. The predicted octanol–water partition coefficient (Wildman–Crippen LogP) is 1.62. The Bertz CT molecular complexity index is 404. The van der Waals surface area contributed by atoms with Crippen LogP contribution in [0.15, 0.2) is 30.3 Å². The third kappa shape index (κ3) is 4.04. The largest absolute Gasteiger partial charge is 0.385 e. The second kappa shape index (κ2) is 6.68. The minimum Gasteiger partial charge on any atom is -0.385 e. The summed E-state index contributed by atoms with van der Waals surface area (Å²) >= 11 is 0. The first-order chi connectivity index (χ1) is 9.22. The summed E-state index contributed by atoms with van der Waals surface area (Å²) in [5, 5.41) is 3.08. The van der Waals surface area contributed by atoms with Crippen molar-refractivity contribution in [2.75, 3.05) is 13.7 Å². The van der Waals surface area contributed by atoms with Crippen LogP contribution >= 0.6 is 0 Å². The van der Waals surface area contributed by atoms with Gasteiger partial charge in [0.25, 0.3) is 0 Å². The Morgan fingerprint density at radius 3 is 2.68 bits per heavy atom. The first-order valence-corrected chi connectivity index (χ1v) is 6.82. The van der Waals surface area contributed by atoms with E-state index in [0.717, 1.165) is 5.56 Å². The van der Waals surface area contributed by atoms with E-state index >= 15 is 0 Å². The highest BCUT2D eigenvalue weighted by Gasteiger charge is 2.34. The Morgan fingerprint density at radius 1 is 1.42 bits per heavy atom. The van der Waals surface area contributed by atoms with Gasteiger partial charge in [-0.3, -0.25) is 4.79 Å². The fourth-order valence-corrected chi connectivity index (χ4v) is 2.20. The van der Waals surface area contributed by atoms with Crippen LogP contribution in [0.3, 0.4) is 0 Å². The molecule has 0 aromatic heterocycles. The Morgan fingerprint density at radius 2 is 2.11 bits per heavy atom. The van der Waals surface area contributed by atoms with Crippen molar-refractivity contribution < 1.29 is 9.53 Å². The third-order valence-electron chi connectivity index (χ3n) is 3.52.